The van der Waals surface area contributed by atoms with E-state index in [2.05, 4.69) is 5.10 Å². The van der Waals surface area contributed by atoms with E-state index in [1.165, 1.54) is 0 Å². The summed E-state index contributed by atoms with van der Waals surface area (Å²) in [5.41, 5.74) is 3.20. The molecule has 1 N–H and O–H groups in total. The van der Waals surface area contributed by atoms with E-state index < -0.39 is 11.8 Å². The predicted octanol–water partition coefficient (Wildman–Crippen LogP) is 4.79. The number of aliphatic hydroxyl groups excluding tert-OH is 1. The molecule has 1 aromatic heterocycles. The van der Waals surface area contributed by atoms with Crippen LogP contribution in [0, 0.1) is 19.8 Å². The molecule has 7 heteroatoms. The molecular formula is C25H27ClN2O4. The molecular weight excluding hydrogens is 428 g/mol. The maximum atomic E-state index is 13.0. The normalized spacial score (nSPS) is 19.0. The summed E-state index contributed by atoms with van der Waals surface area (Å²) < 4.78 is 1.79. The van der Waals surface area contributed by atoms with Crippen molar-refractivity contribution in [1.82, 2.24) is 9.78 Å². The molecule has 1 fully saturated rings. The van der Waals surface area contributed by atoms with Crippen LogP contribution in [0.15, 0.2) is 35.6 Å². The van der Waals surface area contributed by atoms with Crippen LogP contribution in [0.1, 0.15) is 67.0 Å². The Morgan fingerprint density at radius 2 is 1.72 bits per heavy atom. The van der Waals surface area contributed by atoms with Gasteiger partial charge in [-0.05, 0) is 38.3 Å². The second kappa shape index (κ2) is 9.02. The molecule has 4 rings (SSSR count). The SMILES string of the molecule is Cc1nn(Cc2ccccc2Cl)c(C)c1[C@H](C1=C(O)CCCC1=O)C1C(=O)CCCC1=O. The molecule has 0 bridgehead atoms. The summed E-state index contributed by atoms with van der Waals surface area (Å²) >= 11 is 6.34. The van der Waals surface area contributed by atoms with E-state index in [0.717, 1.165) is 11.3 Å². The molecule has 32 heavy (non-hydrogen) atoms. The molecule has 168 valence electrons. The van der Waals surface area contributed by atoms with Crippen molar-refractivity contribution in [3.8, 4) is 0 Å². The molecule has 0 unspecified atom stereocenters. The van der Waals surface area contributed by atoms with Crippen molar-refractivity contribution in [3.05, 3.63) is 63.1 Å². The molecule has 1 saturated carbocycles. The minimum absolute atomic E-state index is 0.00456. The lowest BCUT2D eigenvalue weighted by Gasteiger charge is -2.32. The van der Waals surface area contributed by atoms with E-state index in [9.17, 15) is 19.5 Å². The number of hydrogen-bond donors (Lipinski definition) is 1. The molecule has 2 aromatic rings. The first-order chi connectivity index (χ1) is 15.3. The largest absolute Gasteiger partial charge is 0.512 e. The van der Waals surface area contributed by atoms with Gasteiger partial charge in [0.05, 0.1) is 23.9 Å². The Kier molecular flexibility index (Phi) is 6.33. The Bertz CT molecular complexity index is 1110. The van der Waals surface area contributed by atoms with Gasteiger partial charge in [-0.15, -0.1) is 0 Å². The molecule has 2 aliphatic rings. The zero-order valence-corrected chi connectivity index (χ0v) is 19.1. The highest BCUT2D eigenvalue weighted by Gasteiger charge is 2.44. The summed E-state index contributed by atoms with van der Waals surface area (Å²) in [6.45, 7) is 4.12. The van der Waals surface area contributed by atoms with Crippen molar-refractivity contribution in [1.29, 1.82) is 0 Å². The maximum Gasteiger partial charge on any atom is 0.162 e. The van der Waals surface area contributed by atoms with Crippen LogP contribution in [0.5, 0.6) is 0 Å². The summed E-state index contributed by atoms with van der Waals surface area (Å²) in [5, 5.41) is 16.0. The van der Waals surface area contributed by atoms with Crippen LogP contribution >= 0.6 is 11.6 Å². The zero-order chi connectivity index (χ0) is 23.0. The smallest absolute Gasteiger partial charge is 0.162 e. The van der Waals surface area contributed by atoms with E-state index in [1.54, 1.807) is 4.68 Å². The number of aliphatic hydroxyl groups is 1. The van der Waals surface area contributed by atoms with Crippen molar-refractivity contribution >= 4 is 29.0 Å². The summed E-state index contributed by atoms with van der Waals surface area (Å²) in [4.78, 5) is 38.9. The molecule has 6 nitrogen and oxygen atoms in total. The van der Waals surface area contributed by atoms with E-state index in [-0.39, 0.29) is 28.7 Å². The number of rotatable bonds is 5. The van der Waals surface area contributed by atoms with Crippen LogP contribution in [-0.2, 0) is 20.9 Å². The molecule has 0 spiro atoms. The number of allylic oxidation sites excluding steroid dienone is 2. The number of halogens is 1. The number of aryl methyl sites for hydroxylation is 1. The van der Waals surface area contributed by atoms with Crippen LogP contribution in [0.3, 0.4) is 0 Å². The van der Waals surface area contributed by atoms with Gasteiger partial charge >= 0.3 is 0 Å². The third-order valence-corrected chi connectivity index (χ3v) is 7.01. The van der Waals surface area contributed by atoms with Gasteiger partial charge in [0.25, 0.3) is 0 Å². The lowest BCUT2D eigenvalue weighted by Crippen LogP contribution is -2.37. The van der Waals surface area contributed by atoms with E-state index in [0.29, 0.717) is 61.3 Å². The van der Waals surface area contributed by atoms with Gasteiger partial charge in [0.1, 0.15) is 11.6 Å². The number of carbonyl (C=O) groups is 3. The summed E-state index contributed by atoms with van der Waals surface area (Å²) in [6.07, 6.45) is 2.39. The average Bonchev–Trinajstić information content (AvgIpc) is 3.01. The fraction of sp³-hybridized carbons (Fsp3) is 0.440. The first kappa shape index (κ1) is 22.5. The second-order valence-electron chi connectivity index (χ2n) is 8.71. The van der Waals surface area contributed by atoms with Crippen molar-refractivity contribution < 1.29 is 19.5 Å². The number of hydrogen-bond acceptors (Lipinski definition) is 5. The molecule has 0 saturated heterocycles. The Hall–Kier alpha value is -2.73. The van der Waals surface area contributed by atoms with Gasteiger partial charge in [-0.25, -0.2) is 0 Å². The van der Waals surface area contributed by atoms with E-state index >= 15 is 0 Å². The number of nitrogens with zero attached hydrogens (tertiary/aromatic N) is 2. The molecule has 1 aromatic carbocycles. The number of Topliss-reactive ketones (excluding diaryl/α,β-unsaturated/α-hetero) is 3. The molecule has 0 amide bonds. The number of aromatic nitrogens is 2. The number of carbonyl (C=O) groups excluding carboxylic acids is 3. The van der Waals surface area contributed by atoms with Crippen LogP contribution < -0.4 is 0 Å². The first-order valence-electron chi connectivity index (χ1n) is 11.1. The van der Waals surface area contributed by atoms with Crippen LogP contribution in [0.25, 0.3) is 0 Å². The predicted molar refractivity (Wildman–Crippen MR) is 121 cm³/mol. The Labute approximate surface area is 192 Å². The lowest BCUT2D eigenvalue weighted by atomic mass is 9.69. The fourth-order valence-corrected chi connectivity index (χ4v) is 5.27. The second-order valence-corrected chi connectivity index (χ2v) is 9.12. The van der Waals surface area contributed by atoms with Crippen LogP contribution in [0.4, 0.5) is 0 Å². The monoisotopic (exact) mass is 454 g/mol. The minimum Gasteiger partial charge on any atom is -0.512 e. The van der Waals surface area contributed by atoms with Gasteiger partial charge in [-0.2, -0.15) is 5.10 Å². The van der Waals surface area contributed by atoms with Gasteiger partial charge in [0, 0.05) is 53.5 Å². The third-order valence-electron chi connectivity index (χ3n) is 6.64. The van der Waals surface area contributed by atoms with Gasteiger partial charge in [-0.1, -0.05) is 29.8 Å². The van der Waals surface area contributed by atoms with E-state index in [1.807, 2.05) is 38.1 Å². The summed E-state index contributed by atoms with van der Waals surface area (Å²) in [5.74, 6) is -2.29. The number of ketones is 3. The van der Waals surface area contributed by atoms with E-state index in [4.69, 9.17) is 11.6 Å². The summed E-state index contributed by atoms with van der Waals surface area (Å²) in [7, 11) is 0. The highest BCUT2D eigenvalue weighted by Crippen LogP contribution is 2.43. The van der Waals surface area contributed by atoms with Gasteiger partial charge in [0.15, 0.2) is 5.78 Å². The zero-order valence-electron chi connectivity index (χ0n) is 18.4. The minimum atomic E-state index is -0.960. The standard InChI is InChI=1S/C25H27ClN2O4/c1-14-22(15(2)28(27-14)13-16-7-3-4-8-17(16)26)25(23-18(29)9-5-10-19(23)30)24-20(31)11-6-12-21(24)32/h3-4,7-8,23,25,31H,5-6,9-13H2,1-2H3/t25-/m0/s1. The average molecular weight is 455 g/mol. The van der Waals surface area contributed by atoms with Crippen LogP contribution in [-0.4, -0.2) is 32.2 Å². The lowest BCUT2D eigenvalue weighted by molar-refractivity contribution is -0.136. The van der Waals surface area contributed by atoms with Crippen LogP contribution in [0.2, 0.25) is 5.02 Å². The third kappa shape index (κ3) is 4.04. The highest BCUT2D eigenvalue weighted by atomic mass is 35.5. The molecule has 0 aliphatic heterocycles. The van der Waals surface area contributed by atoms with Crippen molar-refractivity contribution in [2.45, 2.75) is 64.8 Å². The van der Waals surface area contributed by atoms with Crippen molar-refractivity contribution in [2.24, 2.45) is 5.92 Å². The molecule has 2 aliphatic carbocycles. The Morgan fingerprint density at radius 1 is 1.06 bits per heavy atom. The highest BCUT2D eigenvalue weighted by molar-refractivity contribution is 6.31. The summed E-state index contributed by atoms with van der Waals surface area (Å²) in [6, 6.07) is 7.50. The molecule has 0 radical (unpaired) electrons. The Balaban J connectivity index is 1.86. The van der Waals surface area contributed by atoms with Gasteiger partial charge in [-0.3, -0.25) is 19.1 Å². The molecule has 1 heterocycles. The van der Waals surface area contributed by atoms with Crippen molar-refractivity contribution in [2.75, 3.05) is 0 Å². The Morgan fingerprint density at radius 3 is 2.38 bits per heavy atom. The van der Waals surface area contributed by atoms with Gasteiger partial charge in [0.2, 0.25) is 0 Å². The number of benzene rings is 1. The van der Waals surface area contributed by atoms with Crippen molar-refractivity contribution in [3.63, 3.8) is 0 Å². The topological polar surface area (TPSA) is 89.3 Å². The quantitative estimate of drug-likeness (QED) is 0.656. The van der Waals surface area contributed by atoms with Gasteiger partial charge < -0.3 is 5.11 Å². The first-order valence-corrected chi connectivity index (χ1v) is 11.4. The maximum absolute atomic E-state index is 13.0. The molecule has 1 atom stereocenters. The fourth-order valence-electron chi connectivity index (χ4n) is 5.08.